The van der Waals surface area contributed by atoms with Gasteiger partial charge in [-0.1, -0.05) is 24.3 Å². The molecule has 0 saturated heterocycles. The number of para-hydroxylation sites is 1. The maximum absolute atomic E-state index is 13.8. The fourth-order valence-corrected chi connectivity index (χ4v) is 4.15. The summed E-state index contributed by atoms with van der Waals surface area (Å²) >= 11 is 6.11. The Morgan fingerprint density at radius 1 is 0.970 bits per heavy atom. The summed E-state index contributed by atoms with van der Waals surface area (Å²) in [5.41, 5.74) is -0.351. The molecule has 1 atom stereocenters. The number of halogens is 4. The molecule has 1 unspecified atom stereocenters. The molecule has 172 valence electrons. The molecule has 33 heavy (non-hydrogen) atoms. The number of hydrogen-bond donors (Lipinski definition) is 0. The number of urea groups is 2. The number of alkyl halides is 4. The molecule has 1 aliphatic carbocycles. The minimum Gasteiger partial charge on any atom is -0.298 e. The molecule has 4 rings (SSSR count). The molecule has 0 radical (unpaired) electrons. The Balaban J connectivity index is 1.95. The Morgan fingerprint density at radius 3 is 2.27 bits per heavy atom. The monoisotopic (exact) mass is 477 g/mol. The van der Waals surface area contributed by atoms with Crippen molar-refractivity contribution in [2.45, 2.75) is 31.3 Å². The minimum absolute atomic E-state index is 0.0524. The van der Waals surface area contributed by atoms with Gasteiger partial charge in [-0.3, -0.25) is 14.6 Å². The zero-order valence-electron chi connectivity index (χ0n) is 17.5. The number of carbonyl (C=O) groups is 3. The lowest BCUT2D eigenvalue weighted by Gasteiger charge is -2.31. The molecule has 6 nitrogen and oxygen atoms in total. The molecule has 0 bridgehead atoms. The summed E-state index contributed by atoms with van der Waals surface area (Å²) in [6.07, 6.45) is -3.29. The van der Waals surface area contributed by atoms with Gasteiger partial charge in [0.05, 0.1) is 28.0 Å². The molecule has 1 heterocycles. The van der Waals surface area contributed by atoms with E-state index in [9.17, 15) is 27.6 Å². The Hall–Kier alpha value is -3.33. The van der Waals surface area contributed by atoms with Crippen LogP contribution in [0, 0.1) is 0 Å². The van der Waals surface area contributed by atoms with Crippen LogP contribution < -0.4 is 9.80 Å². The minimum atomic E-state index is -4.65. The molecular weight excluding hydrogens is 459 g/mol. The van der Waals surface area contributed by atoms with Crippen LogP contribution in [-0.2, 0) is 11.0 Å². The van der Waals surface area contributed by atoms with Gasteiger partial charge in [0.1, 0.15) is 0 Å². The van der Waals surface area contributed by atoms with Gasteiger partial charge >= 0.3 is 18.2 Å². The maximum atomic E-state index is 13.8. The lowest BCUT2D eigenvalue weighted by Crippen LogP contribution is -2.48. The largest absolute Gasteiger partial charge is 0.416 e. The number of imide groups is 1. The number of allylic oxidation sites excluding steroid dienone is 2. The zero-order valence-corrected chi connectivity index (χ0v) is 18.2. The number of anilines is 3. The predicted molar refractivity (Wildman–Crippen MR) is 118 cm³/mol. The second kappa shape index (κ2) is 8.55. The van der Waals surface area contributed by atoms with Gasteiger partial charge in [-0.2, -0.15) is 13.2 Å². The number of ketones is 1. The number of nitrogens with zero attached hydrogens (tertiary/aromatic N) is 3. The highest BCUT2D eigenvalue weighted by Gasteiger charge is 2.42. The molecule has 2 aromatic rings. The topological polar surface area (TPSA) is 60.9 Å². The highest BCUT2D eigenvalue weighted by Crippen LogP contribution is 2.43. The highest BCUT2D eigenvalue weighted by atomic mass is 35.5. The fourth-order valence-electron chi connectivity index (χ4n) is 3.90. The van der Waals surface area contributed by atoms with Crippen LogP contribution in [0.1, 0.15) is 25.3 Å². The Bertz CT molecular complexity index is 1150. The molecule has 0 aromatic heterocycles. The molecule has 0 N–H and O–H groups in total. The first-order valence-electron chi connectivity index (χ1n) is 10.2. The summed E-state index contributed by atoms with van der Waals surface area (Å²) in [7, 11) is 0. The van der Waals surface area contributed by atoms with E-state index in [1.54, 1.807) is 37.3 Å². The Labute approximate surface area is 192 Å². The van der Waals surface area contributed by atoms with E-state index in [1.807, 2.05) is 0 Å². The summed E-state index contributed by atoms with van der Waals surface area (Å²) in [5, 5.41) is -0.909. The molecular formula is C23H19ClF3N3O3. The third-order valence-electron chi connectivity index (χ3n) is 5.53. The molecule has 0 spiro atoms. The van der Waals surface area contributed by atoms with Crippen molar-refractivity contribution in [1.29, 1.82) is 0 Å². The Morgan fingerprint density at radius 2 is 1.67 bits per heavy atom. The Kier molecular flexibility index (Phi) is 5.92. The number of carbonyl (C=O) groups excluding carboxylic acids is 3. The fraction of sp³-hybridized carbons (Fsp3) is 0.261. The molecule has 0 fully saturated rings. The third kappa shape index (κ3) is 4.08. The van der Waals surface area contributed by atoms with Crippen molar-refractivity contribution in [1.82, 2.24) is 4.90 Å². The summed E-state index contributed by atoms with van der Waals surface area (Å²) in [6.45, 7) is 1.75. The first kappa shape index (κ1) is 22.8. The third-order valence-corrected chi connectivity index (χ3v) is 5.93. The molecule has 1 aliphatic heterocycles. The zero-order chi connectivity index (χ0) is 23.9. The van der Waals surface area contributed by atoms with Gasteiger partial charge in [0.25, 0.3) is 0 Å². The number of rotatable bonds is 3. The van der Waals surface area contributed by atoms with Crippen molar-refractivity contribution >= 4 is 46.5 Å². The molecule has 2 aliphatic rings. The number of fused-ring (bicyclic) bond motifs is 1. The van der Waals surface area contributed by atoms with Crippen molar-refractivity contribution in [3.05, 3.63) is 65.9 Å². The average Bonchev–Trinajstić information content (AvgIpc) is 2.86. The van der Waals surface area contributed by atoms with Crippen LogP contribution in [-0.4, -0.2) is 34.7 Å². The number of benzene rings is 2. The van der Waals surface area contributed by atoms with Gasteiger partial charge in [-0.15, -0.1) is 11.6 Å². The average molecular weight is 478 g/mol. The second-order valence-electron chi connectivity index (χ2n) is 7.55. The van der Waals surface area contributed by atoms with Gasteiger partial charge in [0, 0.05) is 25.1 Å². The van der Waals surface area contributed by atoms with E-state index < -0.39 is 29.2 Å². The van der Waals surface area contributed by atoms with E-state index in [2.05, 4.69) is 0 Å². The number of Topliss-reactive ketones (excluding diaryl/α,β-unsaturated/α-hetero) is 1. The van der Waals surface area contributed by atoms with E-state index in [0.29, 0.717) is 0 Å². The molecule has 2 aromatic carbocycles. The van der Waals surface area contributed by atoms with Crippen LogP contribution in [0.3, 0.4) is 0 Å². The smallest absolute Gasteiger partial charge is 0.298 e. The van der Waals surface area contributed by atoms with E-state index in [1.165, 1.54) is 17.0 Å². The first-order valence-corrected chi connectivity index (χ1v) is 10.6. The number of hydrogen-bond acceptors (Lipinski definition) is 3. The van der Waals surface area contributed by atoms with Crippen molar-refractivity contribution in [3.8, 4) is 0 Å². The van der Waals surface area contributed by atoms with Crippen LogP contribution >= 0.6 is 11.6 Å². The second-order valence-corrected chi connectivity index (χ2v) is 8.08. The standard InChI is InChI=1S/C23H19ClF3N3O3/c1-2-28-18-10-8-14(23(25,26)27)12-19(18)29(15-6-4-3-5-7-15)22(33)30(21(28)32)16-9-11-20(31)17(24)13-16/h3-10,12,17H,2,11,13H2,1H3. The van der Waals surface area contributed by atoms with Crippen molar-refractivity contribution < 1.29 is 27.6 Å². The van der Waals surface area contributed by atoms with Gasteiger partial charge < -0.3 is 0 Å². The quantitative estimate of drug-likeness (QED) is 0.503. The van der Waals surface area contributed by atoms with E-state index in [0.717, 1.165) is 21.9 Å². The van der Waals surface area contributed by atoms with Gasteiger partial charge in [-0.25, -0.2) is 14.5 Å². The molecule has 4 amide bonds. The normalized spacial score (nSPS) is 19.4. The van der Waals surface area contributed by atoms with E-state index in [-0.39, 0.29) is 47.9 Å². The number of amides is 4. The summed E-state index contributed by atoms with van der Waals surface area (Å²) in [5.74, 6) is -0.236. The van der Waals surface area contributed by atoms with Crippen LogP contribution in [0.5, 0.6) is 0 Å². The van der Waals surface area contributed by atoms with Crippen LogP contribution in [0.2, 0.25) is 0 Å². The summed E-state index contributed by atoms with van der Waals surface area (Å²) < 4.78 is 40.6. The lowest BCUT2D eigenvalue weighted by molar-refractivity contribution is -0.137. The van der Waals surface area contributed by atoms with Gasteiger partial charge in [0.2, 0.25) is 0 Å². The molecule has 10 heteroatoms. The highest BCUT2D eigenvalue weighted by molar-refractivity contribution is 6.31. The lowest BCUT2D eigenvalue weighted by atomic mass is 10.0. The van der Waals surface area contributed by atoms with Crippen LogP contribution in [0.4, 0.5) is 39.8 Å². The van der Waals surface area contributed by atoms with Crippen molar-refractivity contribution in [3.63, 3.8) is 0 Å². The predicted octanol–water partition coefficient (Wildman–Crippen LogP) is 6.08. The SMILES string of the molecule is CCN1C(=O)N(C2=CCC(=O)C(Cl)C2)C(=O)N(c2ccccc2)c2cc(C(F)(F)F)ccc21. The van der Waals surface area contributed by atoms with Crippen LogP contribution in [0.25, 0.3) is 0 Å². The van der Waals surface area contributed by atoms with Crippen molar-refractivity contribution in [2.24, 2.45) is 0 Å². The van der Waals surface area contributed by atoms with Crippen LogP contribution in [0.15, 0.2) is 60.3 Å². The maximum Gasteiger partial charge on any atom is 0.416 e. The van der Waals surface area contributed by atoms with Crippen molar-refractivity contribution in [2.75, 3.05) is 16.3 Å². The first-order chi connectivity index (χ1) is 15.6. The summed E-state index contributed by atoms with van der Waals surface area (Å²) in [4.78, 5) is 42.4. The van der Waals surface area contributed by atoms with E-state index in [4.69, 9.17) is 11.6 Å². The van der Waals surface area contributed by atoms with E-state index >= 15 is 0 Å². The van der Waals surface area contributed by atoms with Gasteiger partial charge in [0.15, 0.2) is 5.78 Å². The summed E-state index contributed by atoms with van der Waals surface area (Å²) in [6, 6.07) is 9.45. The van der Waals surface area contributed by atoms with Gasteiger partial charge in [-0.05, 0) is 37.3 Å². The molecule has 0 saturated carbocycles.